The van der Waals surface area contributed by atoms with E-state index in [9.17, 15) is 13.6 Å². The molecule has 0 saturated carbocycles. The molecule has 0 aliphatic heterocycles. The van der Waals surface area contributed by atoms with Crippen LogP contribution in [0, 0.1) is 5.92 Å². The monoisotopic (exact) mass is 268 g/mol. The van der Waals surface area contributed by atoms with Gasteiger partial charge in [0.15, 0.2) is 5.54 Å². The standard InChI is InChI=1S/C7H14F2N2O2.2ClH/c1-4(2-3-10)7(11,5(8)9)6(12)13;;/h4-5H,2-3,10-11H2,1H3,(H,12,13);2*1H. The Balaban J connectivity index is -0.000000720. The molecule has 0 rings (SSSR count). The minimum atomic E-state index is -3.09. The highest BCUT2D eigenvalue weighted by atomic mass is 35.5. The van der Waals surface area contributed by atoms with E-state index < -0.39 is 23.9 Å². The van der Waals surface area contributed by atoms with E-state index in [1.807, 2.05) is 0 Å². The van der Waals surface area contributed by atoms with Crippen molar-refractivity contribution in [3.63, 3.8) is 0 Å². The zero-order chi connectivity index (χ0) is 10.6. The summed E-state index contributed by atoms with van der Waals surface area (Å²) in [6.45, 7) is 1.49. The molecule has 0 aromatic carbocycles. The molecule has 15 heavy (non-hydrogen) atoms. The van der Waals surface area contributed by atoms with Crippen LogP contribution in [0.1, 0.15) is 13.3 Å². The molecule has 94 valence electrons. The van der Waals surface area contributed by atoms with Gasteiger partial charge in [-0.15, -0.1) is 24.8 Å². The summed E-state index contributed by atoms with van der Waals surface area (Å²) in [7, 11) is 0. The third kappa shape index (κ3) is 4.46. The van der Waals surface area contributed by atoms with E-state index in [-0.39, 0.29) is 37.8 Å². The molecule has 8 heteroatoms. The van der Waals surface area contributed by atoms with Crippen LogP contribution in [0.4, 0.5) is 8.78 Å². The van der Waals surface area contributed by atoms with Crippen molar-refractivity contribution in [2.24, 2.45) is 17.4 Å². The first-order chi connectivity index (χ1) is 5.87. The van der Waals surface area contributed by atoms with Crippen LogP contribution in [0.15, 0.2) is 0 Å². The van der Waals surface area contributed by atoms with Gasteiger partial charge in [-0.3, -0.25) is 0 Å². The van der Waals surface area contributed by atoms with Crippen LogP contribution in [0.25, 0.3) is 0 Å². The van der Waals surface area contributed by atoms with Gasteiger partial charge >= 0.3 is 5.97 Å². The molecule has 5 N–H and O–H groups in total. The highest BCUT2D eigenvalue weighted by Crippen LogP contribution is 2.25. The third-order valence-corrected chi connectivity index (χ3v) is 2.15. The summed E-state index contributed by atoms with van der Waals surface area (Å²) in [5.41, 5.74) is 7.75. The fourth-order valence-corrected chi connectivity index (χ4v) is 1.01. The molecular weight excluding hydrogens is 253 g/mol. The lowest BCUT2D eigenvalue weighted by Crippen LogP contribution is -2.59. The minimum absolute atomic E-state index is 0. The molecule has 2 atom stereocenters. The molecule has 4 nitrogen and oxygen atoms in total. The van der Waals surface area contributed by atoms with Gasteiger partial charge in [-0.05, 0) is 18.9 Å². The molecule has 0 aromatic heterocycles. The molecular formula is C7H16Cl2F2N2O2. The number of rotatable bonds is 5. The molecule has 0 heterocycles. The number of halogens is 4. The fraction of sp³-hybridized carbons (Fsp3) is 0.857. The van der Waals surface area contributed by atoms with Crippen molar-refractivity contribution < 1.29 is 18.7 Å². The van der Waals surface area contributed by atoms with Gasteiger partial charge < -0.3 is 16.6 Å². The molecule has 0 aromatic rings. The van der Waals surface area contributed by atoms with Crippen molar-refractivity contribution in [2.45, 2.75) is 25.3 Å². The first kappa shape index (κ1) is 20.3. The zero-order valence-electron chi connectivity index (χ0n) is 8.15. The summed E-state index contributed by atoms with van der Waals surface area (Å²) in [5, 5.41) is 8.55. The molecule has 0 amide bonds. The summed E-state index contributed by atoms with van der Waals surface area (Å²) >= 11 is 0. The van der Waals surface area contributed by atoms with E-state index in [4.69, 9.17) is 16.6 Å². The molecule has 2 unspecified atom stereocenters. The van der Waals surface area contributed by atoms with Gasteiger partial charge in [0, 0.05) is 0 Å². The van der Waals surface area contributed by atoms with Crippen molar-refractivity contribution in [3.05, 3.63) is 0 Å². The van der Waals surface area contributed by atoms with Gasteiger partial charge in [-0.1, -0.05) is 6.92 Å². The Bertz CT molecular complexity index is 198. The summed E-state index contributed by atoms with van der Waals surface area (Å²) < 4.78 is 24.7. The zero-order valence-corrected chi connectivity index (χ0v) is 9.78. The fourth-order valence-electron chi connectivity index (χ4n) is 1.01. The number of carbonyl (C=O) groups is 1. The average Bonchev–Trinajstić information content (AvgIpc) is 2.02. The lowest BCUT2D eigenvalue weighted by molar-refractivity contribution is -0.153. The Morgan fingerprint density at radius 2 is 1.87 bits per heavy atom. The second kappa shape index (κ2) is 8.04. The number of hydrogen-bond donors (Lipinski definition) is 3. The van der Waals surface area contributed by atoms with Gasteiger partial charge in [0.1, 0.15) is 0 Å². The number of carboxylic acid groups (broad SMARTS) is 1. The van der Waals surface area contributed by atoms with E-state index in [1.165, 1.54) is 6.92 Å². The number of aliphatic carboxylic acids is 1. The van der Waals surface area contributed by atoms with E-state index in [0.717, 1.165) is 0 Å². The Morgan fingerprint density at radius 1 is 1.47 bits per heavy atom. The molecule has 0 fully saturated rings. The Hall–Kier alpha value is -0.170. The number of hydrogen-bond acceptors (Lipinski definition) is 3. The van der Waals surface area contributed by atoms with E-state index in [2.05, 4.69) is 0 Å². The summed E-state index contributed by atoms with van der Waals surface area (Å²) in [5.74, 6) is -2.54. The van der Waals surface area contributed by atoms with Gasteiger partial charge in [0.25, 0.3) is 6.43 Å². The quantitative estimate of drug-likeness (QED) is 0.690. The molecule has 0 aliphatic rings. The van der Waals surface area contributed by atoms with Gasteiger partial charge in [0.2, 0.25) is 0 Å². The summed E-state index contributed by atoms with van der Waals surface area (Å²) in [6.07, 6.45) is -2.93. The highest BCUT2D eigenvalue weighted by molar-refractivity contribution is 5.85. The Morgan fingerprint density at radius 3 is 2.07 bits per heavy atom. The lowest BCUT2D eigenvalue weighted by Gasteiger charge is -2.29. The van der Waals surface area contributed by atoms with E-state index >= 15 is 0 Å². The van der Waals surface area contributed by atoms with Crippen LogP contribution in [0.3, 0.4) is 0 Å². The van der Waals surface area contributed by atoms with Gasteiger partial charge in [-0.2, -0.15) is 0 Å². The van der Waals surface area contributed by atoms with Crippen molar-refractivity contribution in [1.29, 1.82) is 0 Å². The molecule has 0 spiro atoms. The van der Waals surface area contributed by atoms with Crippen molar-refractivity contribution in [2.75, 3.05) is 6.54 Å². The van der Waals surface area contributed by atoms with Crippen LogP contribution >= 0.6 is 24.8 Å². The maximum absolute atomic E-state index is 12.4. The highest BCUT2D eigenvalue weighted by Gasteiger charge is 2.48. The van der Waals surface area contributed by atoms with Crippen LogP contribution in [0.5, 0.6) is 0 Å². The van der Waals surface area contributed by atoms with Crippen molar-refractivity contribution >= 4 is 30.8 Å². The number of carboxylic acids is 1. The Labute approximate surface area is 99.2 Å². The summed E-state index contributed by atoms with van der Waals surface area (Å²) in [4.78, 5) is 10.5. The SMILES string of the molecule is CC(CCN)C(N)(C(=O)O)C(F)F.Cl.Cl. The van der Waals surface area contributed by atoms with E-state index in [0.29, 0.717) is 0 Å². The molecule has 0 radical (unpaired) electrons. The van der Waals surface area contributed by atoms with E-state index in [1.54, 1.807) is 0 Å². The topological polar surface area (TPSA) is 89.3 Å². The van der Waals surface area contributed by atoms with Crippen LogP contribution in [0.2, 0.25) is 0 Å². The second-order valence-electron chi connectivity index (χ2n) is 3.02. The number of alkyl halides is 2. The number of nitrogens with two attached hydrogens (primary N) is 2. The molecule has 0 bridgehead atoms. The largest absolute Gasteiger partial charge is 0.480 e. The predicted molar refractivity (Wildman–Crippen MR) is 57.9 cm³/mol. The van der Waals surface area contributed by atoms with Gasteiger partial charge in [-0.25, -0.2) is 13.6 Å². The second-order valence-corrected chi connectivity index (χ2v) is 3.02. The van der Waals surface area contributed by atoms with Crippen LogP contribution < -0.4 is 11.5 Å². The maximum Gasteiger partial charge on any atom is 0.329 e. The molecule has 0 saturated heterocycles. The summed E-state index contributed by atoms with van der Waals surface area (Å²) in [6, 6.07) is 0. The molecule has 0 aliphatic carbocycles. The lowest BCUT2D eigenvalue weighted by atomic mass is 9.84. The normalized spacial score (nSPS) is 15.9. The van der Waals surface area contributed by atoms with Crippen molar-refractivity contribution in [3.8, 4) is 0 Å². The first-order valence-corrected chi connectivity index (χ1v) is 3.87. The third-order valence-electron chi connectivity index (χ3n) is 2.15. The predicted octanol–water partition coefficient (Wildman–Crippen LogP) is 0.862. The smallest absolute Gasteiger partial charge is 0.329 e. The van der Waals surface area contributed by atoms with Crippen molar-refractivity contribution in [1.82, 2.24) is 0 Å². The van der Waals surface area contributed by atoms with Crippen LogP contribution in [-0.2, 0) is 4.79 Å². The minimum Gasteiger partial charge on any atom is -0.480 e. The maximum atomic E-state index is 12.4. The van der Waals surface area contributed by atoms with Gasteiger partial charge in [0.05, 0.1) is 0 Å². The average molecular weight is 269 g/mol. The Kier molecular flexibility index (Phi) is 10.9. The van der Waals surface area contributed by atoms with Crippen LogP contribution in [-0.4, -0.2) is 29.6 Å². The first-order valence-electron chi connectivity index (χ1n) is 3.87.